The van der Waals surface area contributed by atoms with Crippen LogP contribution in [0.5, 0.6) is 0 Å². The van der Waals surface area contributed by atoms with Gasteiger partial charge in [-0.15, -0.1) is 0 Å². The van der Waals surface area contributed by atoms with Gasteiger partial charge in [0.05, 0.1) is 6.26 Å². The highest BCUT2D eigenvalue weighted by atomic mass is 16.4. The second-order valence-electron chi connectivity index (χ2n) is 5.45. The molecule has 0 aromatic carbocycles. The fraction of sp³-hybridized carbons (Fsp3) is 0.714. The lowest BCUT2D eigenvalue weighted by atomic mass is 10.1. The third-order valence-electron chi connectivity index (χ3n) is 3.66. The van der Waals surface area contributed by atoms with E-state index in [2.05, 4.69) is 19.2 Å². The Morgan fingerprint density at radius 3 is 2.94 bits per heavy atom. The van der Waals surface area contributed by atoms with Crippen molar-refractivity contribution in [1.82, 2.24) is 5.32 Å². The van der Waals surface area contributed by atoms with E-state index in [1.807, 2.05) is 12.1 Å². The topological polar surface area (TPSA) is 45.4 Å². The van der Waals surface area contributed by atoms with Gasteiger partial charge in [-0.1, -0.05) is 6.92 Å². The van der Waals surface area contributed by atoms with Gasteiger partial charge >= 0.3 is 0 Å². The standard InChI is InChI=1S/C14H23NO2/c1-10-5-6-12(8-10)15-11(2)9-13(16)14-4-3-7-17-14/h3-4,7,10-13,15-16H,5-6,8-9H2,1-2H3. The number of nitrogens with one attached hydrogen (secondary N) is 1. The number of rotatable bonds is 5. The second-order valence-corrected chi connectivity index (χ2v) is 5.45. The molecular formula is C14H23NO2. The maximum Gasteiger partial charge on any atom is 0.132 e. The third kappa shape index (κ3) is 3.58. The van der Waals surface area contributed by atoms with Crippen molar-refractivity contribution in [2.24, 2.45) is 5.92 Å². The zero-order valence-electron chi connectivity index (χ0n) is 10.7. The van der Waals surface area contributed by atoms with Crippen molar-refractivity contribution in [1.29, 1.82) is 0 Å². The monoisotopic (exact) mass is 237 g/mol. The minimum absolute atomic E-state index is 0.324. The Hall–Kier alpha value is -0.800. The first-order valence-corrected chi connectivity index (χ1v) is 6.62. The summed E-state index contributed by atoms with van der Waals surface area (Å²) in [6.07, 6.45) is 5.67. The molecule has 3 heteroatoms. The van der Waals surface area contributed by atoms with Crippen LogP contribution in [0.25, 0.3) is 0 Å². The first-order chi connectivity index (χ1) is 8.15. The number of hydrogen-bond acceptors (Lipinski definition) is 3. The summed E-state index contributed by atoms with van der Waals surface area (Å²) in [5.74, 6) is 1.51. The minimum Gasteiger partial charge on any atom is -0.467 e. The van der Waals surface area contributed by atoms with Crippen molar-refractivity contribution in [2.75, 3.05) is 0 Å². The fourth-order valence-electron chi connectivity index (χ4n) is 2.76. The molecule has 0 amide bonds. The number of aliphatic hydroxyl groups excluding tert-OH is 1. The molecule has 2 rings (SSSR count). The van der Waals surface area contributed by atoms with Gasteiger partial charge in [-0.25, -0.2) is 0 Å². The molecule has 4 unspecified atom stereocenters. The van der Waals surface area contributed by atoms with Crippen LogP contribution < -0.4 is 5.32 Å². The van der Waals surface area contributed by atoms with Crippen LogP contribution in [0.1, 0.15) is 51.4 Å². The summed E-state index contributed by atoms with van der Waals surface area (Å²) in [5.41, 5.74) is 0. The molecule has 1 aliphatic carbocycles. The van der Waals surface area contributed by atoms with Gasteiger partial charge in [-0.05, 0) is 50.7 Å². The van der Waals surface area contributed by atoms with Crippen molar-refractivity contribution in [3.63, 3.8) is 0 Å². The molecule has 1 aromatic rings. The number of aliphatic hydroxyl groups is 1. The van der Waals surface area contributed by atoms with Crippen LogP contribution in [0.15, 0.2) is 22.8 Å². The van der Waals surface area contributed by atoms with Crippen molar-refractivity contribution >= 4 is 0 Å². The zero-order valence-corrected chi connectivity index (χ0v) is 10.7. The molecule has 1 aliphatic rings. The summed E-state index contributed by atoms with van der Waals surface area (Å²) in [7, 11) is 0. The first-order valence-electron chi connectivity index (χ1n) is 6.62. The maximum absolute atomic E-state index is 9.97. The molecule has 1 fully saturated rings. The SMILES string of the molecule is CC1CCC(NC(C)CC(O)c2ccco2)C1. The third-order valence-corrected chi connectivity index (χ3v) is 3.66. The van der Waals surface area contributed by atoms with E-state index in [9.17, 15) is 5.11 Å². The molecule has 3 nitrogen and oxygen atoms in total. The molecule has 17 heavy (non-hydrogen) atoms. The molecule has 1 saturated carbocycles. The summed E-state index contributed by atoms with van der Waals surface area (Å²) >= 11 is 0. The highest BCUT2D eigenvalue weighted by molar-refractivity contribution is 5.02. The summed E-state index contributed by atoms with van der Waals surface area (Å²) in [5, 5.41) is 13.6. The number of hydrogen-bond donors (Lipinski definition) is 2. The van der Waals surface area contributed by atoms with Crippen LogP contribution >= 0.6 is 0 Å². The average molecular weight is 237 g/mol. The molecule has 0 radical (unpaired) electrons. The Labute approximate surface area is 103 Å². The van der Waals surface area contributed by atoms with Gasteiger partial charge in [-0.3, -0.25) is 0 Å². The molecule has 4 atom stereocenters. The summed E-state index contributed by atoms with van der Waals surface area (Å²) in [6, 6.07) is 4.60. The first kappa shape index (κ1) is 12.7. The van der Waals surface area contributed by atoms with Gasteiger partial charge < -0.3 is 14.8 Å². The zero-order chi connectivity index (χ0) is 12.3. The largest absolute Gasteiger partial charge is 0.467 e. The van der Waals surface area contributed by atoms with E-state index in [4.69, 9.17) is 4.42 Å². The van der Waals surface area contributed by atoms with Gasteiger partial charge in [0.15, 0.2) is 0 Å². The van der Waals surface area contributed by atoms with E-state index in [1.54, 1.807) is 6.26 Å². The highest BCUT2D eigenvalue weighted by Crippen LogP contribution is 2.26. The minimum atomic E-state index is -0.494. The Morgan fingerprint density at radius 1 is 1.53 bits per heavy atom. The van der Waals surface area contributed by atoms with Gasteiger partial charge in [0.25, 0.3) is 0 Å². The molecular weight excluding hydrogens is 214 g/mol. The Balaban J connectivity index is 1.75. The molecule has 0 saturated heterocycles. The van der Waals surface area contributed by atoms with Crippen LogP contribution in [0.2, 0.25) is 0 Å². The predicted molar refractivity (Wildman–Crippen MR) is 67.7 cm³/mol. The average Bonchev–Trinajstić information content (AvgIpc) is 2.89. The van der Waals surface area contributed by atoms with Crippen LogP contribution in [0, 0.1) is 5.92 Å². The quantitative estimate of drug-likeness (QED) is 0.827. The van der Waals surface area contributed by atoms with Crippen molar-refractivity contribution in [3.8, 4) is 0 Å². The lowest BCUT2D eigenvalue weighted by molar-refractivity contribution is 0.126. The predicted octanol–water partition coefficient (Wildman–Crippen LogP) is 2.87. The van der Waals surface area contributed by atoms with Crippen molar-refractivity contribution in [3.05, 3.63) is 24.2 Å². The lowest BCUT2D eigenvalue weighted by Crippen LogP contribution is -2.35. The smallest absolute Gasteiger partial charge is 0.132 e. The normalized spacial score (nSPS) is 28.2. The van der Waals surface area contributed by atoms with Gasteiger partial charge in [0.2, 0.25) is 0 Å². The fourth-order valence-corrected chi connectivity index (χ4v) is 2.76. The highest BCUT2D eigenvalue weighted by Gasteiger charge is 2.23. The van der Waals surface area contributed by atoms with Crippen LogP contribution in [-0.2, 0) is 0 Å². The van der Waals surface area contributed by atoms with Crippen LogP contribution in [-0.4, -0.2) is 17.2 Å². The van der Waals surface area contributed by atoms with E-state index in [0.717, 1.165) is 5.92 Å². The molecule has 0 spiro atoms. The van der Waals surface area contributed by atoms with E-state index in [1.165, 1.54) is 19.3 Å². The summed E-state index contributed by atoms with van der Waals surface area (Å²) in [6.45, 7) is 4.44. The lowest BCUT2D eigenvalue weighted by Gasteiger charge is -2.21. The Morgan fingerprint density at radius 2 is 2.35 bits per heavy atom. The van der Waals surface area contributed by atoms with E-state index in [-0.39, 0.29) is 0 Å². The van der Waals surface area contributed by atoms with Crippen LogP contribution in [0.3, 0.4) is 0 Å². The van der Waals surface area contributed by atoms with E-state index >= 15 is 0 Å². The molecule has 2 N–H and O–H groups in total. The van der Waals surface area contributed by atoms with Gasteiger partial charge in [0.1, 0.15) is 11.9 Å². The van der Waals surface area contributed by atoms with Crippen molar-refractivity contribution < 1.29 is 9.52 Å². The summed E-state index contributed by atoms with van der Waals surface area (Å²) < 4.78 is 5.21. The maximum atomic E-state index is 9.97. The van der Waals surface area contributed by atoms with E-state index in [0.29, 0.717) is 24.3 Å². The summed E-state index contributed by atoms with van der Waals surface area (Å²) in [4.78, 5) is 0. The molecule has 0 bridgehead atoms. The van der Waals surface area contributed by atoms with Gasteiger partial charge in [-0.2, -0.15) is 0 Å². The Bertz CT molecular complexity index is 323. The Kier molecular flexibility index (Phi) is 4.24. The van der Waals surface area contributed by atoms with Crippen molar-refractivity contribution in [2.45, 2.75) is 57.7 Å². The molecule has 96 valence electrons. The molecule has 1 aromatic heterocycles. The molecule has 0 aliphatic heterocycles. The van der Waals surface area contributed by atoms with E-state index < -0.39 is 6.10 Å². The van der Waals surface area contributed by atoms with Gasteiger partial charge in [0, 0.05) is 12.1 Å². The van der Waals surface area contributed by atoms with Crippen LogP contribution in [0.4, 0.5) is 0 Å². The number of furan rings is 1. The molecule has 1 heterocycles. The second kappa shape index (κ2) is 5.69.